The number of anilines is 1. The molecule has 1 N–H and O–H groups in total. The topological polar surface area (TPSA) is 66.5 Å². The van der Waals surface area contributed by atoms with Gasteiger partial charge in [-0.1, -0.05) is 35.9 Å². The number of alkyl halides is 3. The number of carbonyl (C=O) groups excluding carboxylic acids is 1. The van der Waals surface area contributed by atoms with Crippen LogP contribution in [0.1, 0.15) is 36.6 Å². The van der Waals surface area contributed by atoms with Crippen molar-refractivity contribution in [1.82, 2.24) is 5.32 Å². The van der Waals surface area contributed by atoms with E-state index in [1.165, 1.54) is 13.0 Å². The van der Waals surface area contributed by atoms with Crippen LogP contribution in [-0.2, 0) is 21.0 Å². The van der Waals surface area contributed by atoms with Crippen molar-refractivity contribution >= 4 is 21.6 Å². The van der Waals surface area contributed by atoms with Gasteiger partial charge in [0.25, 0.3) is 0 Å². The zero-order valence-electron chi connectivity index (χ0n) is 16.5. The molecule has 2 atom stereocenters. The van der Waals surface area contributed by atoms with Gasteiger partial charge in [0.05, 0.1) is 23.5 Å². The number of amides is 1. The highest BCUT2D eigenvalue weighted by Gasteiger charge is 2.34. The summed E-state index contributed by atoms with van der Waals surface area (Å²) in [5, 5.41) is 2.72. The Hall–Kier alpha value is -2.55. The number of sulfonamides is 1. The molecule has 29 heavy (non-hydrogen) atoms. The molecule has 0 fully saturated rings. The fraction of sp³-hybridized carbons (Fsp3) is 0.350. The predicted molar refractivity (Wildman–Crippen MR) is 106 cm³/mol. The molecule has 0 aliphatic rings. The molecule has 2 aromatic carbocycles. The number of benzene rings is 2. The van der Waals surface area contributed by atoms with E-state index in [1.54, 1.807) is 6.92 Å². The minimum absolute atomic E-state index is 0.229. The van der Waals surface area contributed by atoms with E-state index >= 15 is 0 Å². The first-order chi connectivity index (χ1) is 13.3. The van der Waals surface area contributed by atoms with Gasteiger partial charge in [0, 0.05) is 0 Å². The van der Waals surface area contributed by atoms with E-state index in [2.05, 4.69) is 5.32 Å². The first kappa shape index (κ1) is 22.7. The van der Waals surface area contributed by atoms with Crippen LogP contribution in [-0.4, -0.2) is 26.6 Å². The molecule has 9 heteroatoms. The Kier molecular flexibility index (Phi) is 6.62. The maximum Gasteiger partial charge on any atom is 0.416 e. The Labute approximate surface area is 168 Å². The van der Waals surface area contributed by atoms with Gasteiger partial charge in [0.1, 0.15) is 6.04 Å². The lowest BCUT2D eigenvalue weighted by Gasteiger charge is -2.29. The summed E-state index contributed by atoms with van der Waals surface area (Å²) in [7, 11) is -4.03. The maximum atomic E-state index is 13.0. The molecule has 5 nitrogen and oxygen atoms in total. The molecule has 0 radical (unpaired) electrons. The molecular formula is C20H23F3N2O3S. The highest BCUT2D eigenvalue weighted by molar-refractivity contribution is 7.92. The Bertz CT molecular complexity index is 973. The largest absolute Gasteiger partial charge is 0.416 e. The minimum atomic E-state index is -4.63. The van der Waals surface area contributed by atoms with E-state index in [0.717, 1.165) is 29.5 Å². The number of carbonyl (C=O) groups is 1. The summed E-state index contributed by atoms with van der Waals surface area (Å²) < 4.78 is 64.4. The fourth-order valence-electron chi connectivity index (χ4n) is 2.90. The summed E-state index contributed by atoms with van der Waals surface area (Å²) in [6.07, 6.45) is -3.79. The van der Waals surface area contributed by atoms with Crippen LogP contribution in [0, 0.1) is 6.92 Å². The molecule has 0 aliphatic carbocycles. The van der Waals surface area contributed by atoms with Gasteiger partial charge in [-0.05, 0) is 44.5 Å². The Balaban J connectivity index is 2.31. The molecule has 0 heterocycles. The van der Waals surface area contributed by atoms with Crippen LogP contribution in [0.25, 0.3) is 0 Å². The molecule has 2 rings (SSSR count). The van der Waals surface area contributed by atoms with E-state index in [0.29, 0.717) is 10.4 Å². The lowest BCUT2D eigenvalue weighted by Crippen LogP contribution is -2.48. The fourth-order valence-corrected chi connectivity index (χ4v) is 4.07. The van der Waals surface area contributed by atoms with Crippen molar-refractivity contribution in [3.05, 3.63) is 65.2 Å². The molecular weight excluding hydrogens is 405 g/mol. The zero-order valence-corrected chi connectivity index (χ0v) is 17.3. The van der Waals surface area contributed by atoms with Crippen LogP contribution in [0.3, 0.4) is 0 Å². The first-order valence-corrected chi connectivity index (χ1v) is 10.7. The van der Waals surface area contributed by atoms with Crippen LogP contribution >= 0.6 is 0 Å². The molecule has 2 aromatic rings. The summed E-state index contributed by atoms with van der Waals surface area (Å²) >= 11 is 0. The van der Waals surface area contributed by atoms with Gasteiger partial charge in [-0.15, -0.1) is 0 Å². The minimum Gasteiger partial charge on any atom is -0.348 e. The standard InChI is InChI=1S/C20H23F3N2O3S/c1-13-8-10-16(11-9-13)14(2)24-19(26)15(3)25(29(4,27)28)18-7-5-6-17(12-18)20(21,22)23/h5-12,14-15H,1-4H3,(H,24,26)/t14-,15+/m0/s1. The van der Waals surface area contributed by atoms with E-state index in [-0.39, 0.29) is 5.69 Å². The van der Waals surface area contributed by atoms with Gasteiger partial charge < -0.3 is 5.32 Å². The van der Waals surface area contributed by atoms with E-state index < -0.39 is 39.8 Å². The van der Waals surface area contributed by atoms with Crippen molar-refractivity contribution in [1.29, 1.82) is 0 Å². The second kappa shape index (κ2) is 8.44. The van der Waals surface area contributed by atoms with E-state index in [1.807, 2.05) is 31.2 Å². The van der Waals surface area contributed by atoms with Gasteiger partial charge in [-0.25, -0.2) is 8.42 Å². The van der Waals surface area contributed by atoms with Crippen molar-refractivity contribution in [2.75, 3.05) is 10.6 Å². The lowest BCUT2D eigenvalue weighted by atomic mass is 10.1. The zero-order chi connectivity index (χ0) is 22.0. The molecule has 0 saturated carbocycles. The van der Waals surface area contributed by atoms with Crippen molar-refractivity contribution in [3.63, 3.8) is 0 Å². The maximum absolute atomic E-state index is 13.0. The average Bonchev–Trinajstić information content (AvgIpc) is 2.60. The SMILES string of the molecule is Cc1ccc([C@H](C)NC(=O)[C@@H](C)N(c2cccc(C(F)(F)F)c2)S(C)(=O)=O)cc1. The van der Waals surface area contributed by atoms with E-state index in [4.69, 9.17) is 0 Å². The van der Waals surface area contributed by atoms with Crippen molar-refractivity contribution < 1.29 is 26.4 Å². The van der Waals surface area contributed by atoms with Crippen LogP contribution < -0.4 is 9.62 Å². The molecule has 1 amide bonds. The highest BCUT2D eigenvalue weighted by atomic mass is 32.2. The number of nitrogens with zero attached hydrogens (tertiary/aromatic N) is 1. The van der Waals surface area contributed by atoms with Crippen molar-refractivity contribution in [2.24, 2.45) is 0 Å². The van der Waals surface area contributed by atoms with Crippen molar-refractivity contribution in [2.45, 2.75) is 39.0 Å². The summed E-state index contributed by atoms with van der Waals surface area (Å²) in [6.45, 7) is 5.00. The Morgan fingerprint density at radius 2 is 1.66 bits per heavy atom. The number of rotatable bonds is 6. The average molecular weight is 428 g/mol. The molecule has 0 unspecified atom stereocenters. The molecule has 0 aromatic heterocycles. The number of hydrogen-bond donors (Lipinski definition) is 1. The third kappa shape index (κ3) is 5.72. The predicted octanol–water partition coefficient (Wildman–Crippen LogP) is 4.05. The molecule has 0 saturated heterocycles. The van der Waals surface area contributed by atoms with Crippen LogP contribution in [0.2, 0.25) is 0 Å². The molecule has 158 valence electrons. The van der Waals surface area contributed by atoms with E-state index in [9.17, 15) is 26.4 Å². The molecule has 0 aliphatic heterocycles. The number of aryl methyl sites for hydroxylation is 1. The number of hydrogen-bond acceptors (Lipinski definition) is 3. The second-order valence-corrected chi connectivity index (χ2v) is 8.78. The summed E-state index contributed by atoms with van der Waals surface area (Å²) in [6, 6.07) is 9.68. The first-order valence-electron chi connectivity index (χ1n) is 8.84. The molecule has 0 bridgehead atoms. The van der Waals surface area contributed by atoms with Gasteiger partial charge in [-0.2, -0.15) is 13.2 Å². The third-order valence-electron chi connectivity index (χ3n) is 4.45. The normalized spacial score (nSPS) is 14.2. The van der Waals surface area contributed by atoms with Crippen LogP contribution in [0.15, 0.2) is 48.5 Å². The summed E-state index contributed by atoms with van der Waals surface area (Å²) in [5.74, 6) is -0.624. The lowest BCUT2D eigenvalue weighted by molar-refractivity contribution is -0.137. The monoisotopic (exact) mass is 428 g/mol. The molecule has 0 spiro atoms. The van der Waals surface area contributed by atoms with Gasteiger partial charge in [0.2, 0.25) is 15.9 Å². The van der Waals surface area contributed by atoms with Crippen LogP contribution in [0.5, 0.6) is 0 Å². The van der Waals surface area contributed by atoms with Gasteiger partial charge in [0.15, 0.2) is 0 Å². The smallest absolute Gasteiger partial charge is 0.348 e. The highest BCUT2D eigenvalue weighted by Crippen LogP contribution is 2.33. The number of halogens is 3. The van der Waals surface area contributed by atoms with Crippen molar-refractivity contribution in [3.8, 4) is 0 Å². The second-order valence-electron chi connectivity index (χ2n) is 6.92. The van der Waals surface area contributed by atoms with Crippen LogP contribution in [0.4, 0.5) is 18.9 Å². The van der Waals surface area contributed by atoms with Gasteiger partial charge >= 0.3 is 6.18 Å². The summed E-state index contributed by atoms with van der Waals surface area (Å²) in [5.41, 5.74) is 0.645. The number of nitrogens with one attached hydrogen (secondary N) is 1. The Morgan fingerprint density at radius 1 is 1.07 bits per heavy atom. The quantitative estimate of drug-likeness (QED) is 0.755. The van der Waals surface area contributed by atoms with Gasteiger partial charge in [-0.3, -0.25) is 9.10 Å². The third-order valence-corrected chi connectivity index (χ3v) is 5.69. The summed E-state index contributed by atoms with van der Waals surface area (Å²) in [4.78, 5) is 12.7. The Morgan fingerprint density at radius 3 is 2.17 bits per heavy atom.